The van der Waals surface area contributed by atoms with Gasteiger partial charge in [-0.25, -0.2) is 4.57 Å². The molecule has 1 N–H and O–H groups in total. The summed E-state index contributed by atoms with van der Waals surface area (Å²) < 4.78 is 34.3. The number of quaternary nitrogens is 1. The van der Waals surface area contributed by atoms with Gasteiger partial charge in [-0.15, -0.1) is 0 Å². The van der Waals surface area contributed by atoms with Crippen molar-refractivity contribution in [1.82, 2.24) is 0 Å². The Hall–Kier alpha value is -2.81. The normalized spacial score (nSPS) is 14.4. The van der Waals surface area contributed by atoms with Crippen molar-refractivity contribution in [1.29, 1.82) is 0 Å². The van der Waals surface area contributed by atoms with Gasteiger partial charge in [0.05, 0.1) is 27.7 Å². The monoisotopic (exact) mass is 833 g/mol. The van der Waals surface area contributed by atoms with Crippen LogP contribution in [0.5, 0.6) is 0 Å². The second kappa shape index (κ2) is 39.6. The minimum Gasteiger partial charge on any atom is -0.462 e. The van der Waals surface area contributed by atoms with Crippen molar-refractivity contribution in [3.05, 3.63) is 85.1 Å². The van der Waals surface area contributed by atoms with Crippen LogP contribution >= 0.6 is 7.82 Å². The molecule has 2 atom stereocenters. The predicted molar refractivity (Wildman–Crippen MR) is 242 cm³/mol. The maximum atomic E-state index is 12.7. The molecule has 0 saturated heterocycles. The molecule has 0 aliphatic rings. The number of nitrogens with zero attached hydrogens (tertiary/aromatic N) is 1. The molecule has 10 heteroatoms. The third-order valence-corrected chi connectivity index (χ3v) is 9.89. The molecule has 0 radical (unpaired) electrons. The van der Waals surface area contributed by atoms with Gasteiger partial charge in [0.25, 0.3) is 0 Å². The lowest BCUT2D eigenvalue weighted by molar-refractivity contribution is -0.870. The number of unbranched alkanes of at least 4 members (excludes halogenated alkanes) is 11. The van der Waals surface area contributed by atoms with Crippen LogP contribution in [0.15, 0.2) is 85.1 Å². The van der Waals surface area contributed by atoms with Crippen molar-refractivity contribution < 1.29 is 42.1 Å². The average molecular weight is 833 g/mol. The van der Waals surface area contributed by atoms with Crippen molar-refractivity contribution in [3.8, 4) is 0 Å². The van der Waals surface area contributed by atoms with Gasteiger partial charge in [-0.3, -0.25) is 18.6 Å². The van der Waals surface area contributed by atoms with E-state index in [1.165, 1.54) is 25.7 Å². The number of hydrogen-bond acceptors (Lipinski definition) is 7. The molecule has 0 spiro atoms. The number of esters is 2. The molecule has 332 valence electrons. The summed E-state index contributed by atoms with van der Waals surface area (Å²) in [5.41, 5.74) is 0. The number of ether oxygens (including phenoxy) is 2. The van der Waals surface area contributed by atoms with E-state index in [0.29, 0.717) is 23.9 Å². The van der Waals surface area contributed by atoms with Crippen LogP contribution in [0.4, 0.5) is 0 Å². The van der Waals surface area contributed by atoms with Crippen molar-refractivity contribution in [2.75, 3.05) is 47.5 Å². The van der Waals surface area contributed by atoms with Gasteiger partial charge < -0.3 is 18.9 Å². The van der Waals surface area contributed by atoms with Crippen LogP contribution in [-0.4, -0.2) is 74.9 Å². The zero-order chi connectivity index (χ0) is 42.8. The summed E-state index contributed by atoms with van der Waals surface area (Å²) >= 11 is 0. The Balaban J connectivity index is 4.45. The van der Waals surface area contributed by atoms with E-state index in [4.69, 9.17) is 18.5 Å². The highest BCUT2D eigenvalue weighted by Crippen LogP contribution is 2.43. The molecule has 0 rings (SSSR count). The Morgan fingerprint density at radius 2 is 0.983 bits per heavy atom. The molecule has 0 saturated carbocycles. The zero-order valence-corrected chi connectivity index (χ0v) is 38.1. The summed E-state index contributed by atoms with van der Waals surface area (Å²) in [5.74, 6) is -0.861. The number of rotatable bonds is 39. The molecule has 0 heterocycles. The van der Waals surface area contributed by atoms with Crippen LogP contribution in [0.25, 0.3) is 0 Å². The predicted octanol–water partition coefficient (Wildman–Crippen LogP) is 12.8. The third-order valence-electron chi connectivity index (χ3n) is 8.91. The maximum Gasteiger partial charge on any atom is 0.472 e. The van der Waals surface area contributed by atoms with Crippen molar-refractivity contribution in [2.24, 2.45) is 0 Å². The Bertz CT molecular complexity index is 1260. The lowest BCUT2D eigenvalue weighted by Gasteiger charge is -2.24. The van der Waals surface area contributed by atoms with Gasteiger partial charge in [-0.1, -0.05) is 137 Å². The topological polar surface area (TPSA) is 108 Å². The third kappa shape index (κ3) is 42.8. The van der Waals surface area contributed by atoms with Gasteiger partial charge in [-0.2, -0.15) is 0 Å². The number of phosphoric acid groups is 1. The van der Waals surface area contributed by atoms with E-state index in [9.17, 15) is 19.0 Å². The first-order chi connectivity index (χ1) is 28.0. The molecule has 0 aromatic rings. The summed E-state index contributed by atoms with van der Waals surface area (Å²) in [6.45, 7) is 4.20. The molecule has 0 fully saturated rings. The molecular formula is C48H83NO8P+. The molecule has 0 aliphatic heterocycles. The van der Waals surface area contributed by atoms with Crippen LogP contribution in [0.3, 0.4) is 0 Å². The highest BCUT2D eigenvalue weighted by molar-refractivity contribution is 7.47. The van der Waals surface area contributed by atoms with Gasteiger partial charge in [0, 0.05) is 12.8 Å². The van der Waals surface area contributed by atoms with E-state index in [2.05, 4.69) is 98.9 Å². The summed E-state index contributed by atoms with van der Waals surface area (Å²) in [7, 11) is 1.43. The molecular weight excluding hydrogens is 750 g/mol. The fraction of sp³-hybridized carbons (Fsp3) is 0.667. The molecule has 9 nitrogen and oxygen atoms in total. The Morgan fingerprint density at radius 1 is 0.552 bits per heavy atom. The second-order valence-corrected chi connectivity index (χ2v) is 17.1. The standard InChI is InChI=1S/C48H82NO8P/c1-6-8-10-12-14-16-18-20-22-23-24-25-27-28-30-32-34-36-38-40-47(50)54-44-46(45-56-58(52,53)55-43-42-49(3,4)5)57-48(51)41-39-37-35-33-31-29-26-21-19-17-15-13-11-9-7-2/h8,10,14-17,20-22,24-26,28,30,46H,6-7,9,11-13,18-19,23,27,29,31-45H2,1-5H3/p+1/b10-8+,16-14+,17-15+,22-20+,25-24+,26-21+,30-28+/t46-/m1/s1. The summed E-state index contributed by atoms with van der Waals surface area (Å²) in [5, 5.41) is 0. The Morgan fingerprint density at radius 3 is 1.48 bits per heavy atom. The first kappa shape index (κ1) is 55.2. The molecule has 0 aromatic carbocycles. The number of allylic oxidation sites excluding steroid dienone is 14. The number of carbonyl (C=O) groups excluding carboxylic acids is 2. The highest BCUT2D eigenvalue weighted by Gasteiger charge is 2.27. The lowest BCUT2D eigenvalue weighted by atomic mass is 10.1. The van der Waals surface area contributed by atoms with Crippen LogP contribution in [-0.2, 0) is 32.7 Å². The molecule has 0 aliphatic carbocycles. The fourth-order valence-electron chi connectivity index (χ4n) is 5.42. The first-order valence-corrected chi connectivity index (χ1v) is 23.8. The van der Waals surface area contributed by atoms with Gasteiger partial charge in [0.2, 0.25) is 0 Å². The summed E-state index contributed by atoms with van der Waals surface area (Å²) in [6, 6.07) is 0. The van der Waals surface area contributed by atoms with Gasteiger partial charge >= 0.3 is 19.8 Å². The van der Waals surface area contributed by atoms with Crippen molar-refractivity contribution in [3.63, 3.8) is 0 Å². The lowest BCUT2D eigenvalue weighted by Crippen LogP contribution is -2.37. The number of hydrogen-bond donors (Lipinski definition) is 1. The smallest absolute Gasteiger partial charge is 0.462 e. The SMILES string of the molecule is CC/C=C/C/C=C/C/C=C/C/C=C/C/C=C/CCCCCC(=O)OC[C@H](COP(=O)(O)OCC[N+](C)(C)C)OC(=O)CCCCCCC/C=C/C/C=C/CCCCC. The second-order valence-electron chi connectivity index (χ2n) is 15.7. The van der Waals surface area contributed by atoms with E-state index in [1.54, 1.807) is 0 Å². The maximum absolute atomic E-state index is 12.7. The van der Waals surface area contributed by atoms with Gasteiger partial charge in [-0.05, 0) is 89.9 Å². The van der Waals surface area contributed by atoms with E-state index in [0.717, 1.165) is 89.9 Å². The molecule has 58 heavy (non-hydrogen) atoms. The van der Waals surface area contributed by atoms with E-state index < -0.39 is 32.5 Å². The van der Waals surface area contributed by atoms with Crippen LogP contribution in [0.2, 0.25) is 0 Å². The number of likely N-dealkylation sites (N-methyl/N-ethyl adjacent to an activating group) is 1. The molecule has 0 amide bonds. The Kier molecular flexibility index (Phi) is 37.7. The van der Waals surface area contributed by atoms with Crippen LogP contribution < -0.4 is 0 Å². The molecule has 0 bridgehead atoms. The molecule has 1 unspecified atom stereocenters. The quantitative estimate of drug-likeness (QED) is 0.0214. The minimum absolute atomic E-state index is 0.0185. The average Bonchev–Trinajstić information content (AvgIpc) is 3.17. The number of phosphoric ester groups is 1. The minimum atomic E-state index is -4.39. The summed E-state index contributed by atoms with van der Waals surface area (Å²) in [4.78, 5) is 35.4. The van der Waals surface area contributed by atoms with Gasteiger partial charge in [0.1, 0.15) is 19.8 Å². The van der Waals surface area contributed by atoms with Crippen molar-refractivity contribution in [2.45, 2.75) is 161 Å². The number of carbonyl (C=O) groups is 2. The summed E-state index contributed by atoms with van der Waals surface area (Å²) in [6.07, 6.45) is 50.6. The van der Waals surface area contributed by atoms with Crippen LogP contribution in [0.1, 0.15) is 155 Å². The molecule has 0 aromatic heterocycles. The van der Waals surface area contributed by atoms with E-state index in [1.807, 2.05) is 21.1 Å². The fourth-order valence-corrected chi connectivity index (χ4v) is 6.16. The Labute approximate surface area is 354 Å². The van der Waals surface area contributed by atoms with Gasteiger partial charge in [0.15, 0.2) is 6.10 Å². The first-order valence-electron chi connectivity index (χ1n) is 22.3. The van der Waals surface area contributed by atoms with E-state index >= 15 is 0 Å². The van der Waals surface area contributed by atoms with E-state index in [-0.39, 0.29) is 26.1 Å². The van der Waals surface area contributed by atoms with Crippen LogP contribution in [0, 0.1) is 0 Å². The largest absolute Gasteiger partial charge is 0.472 e. The van der Waals surface area contributed by atoms with Crippen molar-refractivity contribution >= 4 is 19.8 Å². The highest BCUT2D eigenvalue weighted by atomic mass is 31.2. The zero-order valence-electron chi connectivity index (χ0n) is 37.2.